The molecule has 0 saturated heterocycles. The van der Waals surface area contributed by atoms with Crippen molar-refractivity contribution in [2.75, 3.05) is 25.2 Å². The van der Waals surface area contributed by atoms with Crippen molar-refractivity contribution < 1.29 is 4.74 Å². The van der Waals surface area contributed by atoms with Gasteiger partial charge in [-0.3, -0.25) is 0 Å². The van der Waals surface area contributed by atoms with Gasteiger partial charge in [-0.25, -0.2) is 0 Å². The van der Waals surface area contributed by atoms with Crippen molar-refractivity contribution in [2.24, 2.45) is 0 Å². The highest BCUT2D eigenvalue weighted by atomic mass is 79.9. The first-order valence-electron chi connectivity index (χ1n) is 4.35. The van der Waals surface area contributed by atoms with Crippen LogP contribution < -0.4 is 5.73 Å². The molecule has 0 aliphatic heterocycles. The van der Waals surface area contributed by atoms with E-state index < -0.39 is 0 Å². The average Bonchev–Trinajstić information content (AvgIpc) is 2.16. The lowest BCUT2D eigenvalue weighted by molar-refractivity contribution is 0.218. The lowest BCUT2D eigenvalue weighted by Crippen LogP contribution is -1.96. The predicted octanol–water partition coefficient (Wildman–Crippen LogP) is 2.91. The normalized spacial score (nSPS) is 10.4. The molecule has 0 aromatic heterocycles. The number of anilines is 1. The van der Waals surface area contributed by atoms with Crippen LogP contribution in [0.15, 0.2) is 22.7 Å². The summed E-state index contributed by atoms with van der Waals surface area (Å²) in [5.74, 6) is 1.92. The topological polar surface area (TPSA) is 35.2 Å². The lowest BCUT2D eigenvalue weighted by atomic mass is 10.2. The van der Waals surface area contributed by atoms with Gasteiger partial charge in [0.05, 0.1) is 6.61 Å². The van der Waals surface area contributed by atoms with E-state index in [0.717, 1.165) is 28.3 Å². The van der Waals surface area contributed by atoms with E-state index in [2.05, 4.69) is 15.9 Å². The van der Waals surface area contributed by atoms with Gasteiger partial charge in [0.25, 0.3) is 0 Å². The smallest absolute Gasteiger partial charge is 0.0553 e. The summed E-state index contributed by atoms with van der Waals surface area (Å²) >= 11 is 5.32. The van der Waals surface area contributed by atoms with Crippen LogP contribution in [0.3, 0.4) is 0 Å². The second kappa shape index (κ2) is 6.32. The first-order valence-corrected chi connectivity index (χ1v) is 6.30. The van der Waals surface area contributed by atoms with Gasteiger partial charge >= 0.3 is 0 Å². The first kappa shape index (κ1) is 11.9. The van der Waals surface area contributed by atoms with E-state index in [9.17, 15) is 0 Å². The van der Waals surface area contributed by atoms with E-state index in [4.69, 9.17) is 10.5 Å². The van der Waals surface area contributed by atoms with Gasteiger partial charge in [0, 0.05) is 28.8 Å². The molecule has 0 aliphatic carbocycles. The van der Waals surface area contributed by atoms with Crippen molar-refractivity contribution >= 4 is 33.4 Å². The molecule has 0 fully saturated rings. The van der Waals surface area contributed by atoms with Crippen LogP contribution in [-0.2, 0) is 10.5 Å². The Morgan fingerprint density at radius 2 is 2.29 bits per heavy atom. The van der Waals surface area contributed by atoms with Crippen molar-refractivity contribution in [2.45, 2.75) is 5.75 Å². The SMILES string of the molecule is COCCSCc1c(N)cccc1Br. The Bertz CT molecular complexity index is 273. The van der Waals surface area contributed by atoms with Crippen molar-refractivity contribution in [1.29, 1.82) is 0 Å². The summed E-state index contributed by atoms with van der Waals surface area (Å²) in [7, 11) is 1.72. The molecule has 0 heterocycles. The average molecular weight is 276 g/mol. The summed E-state index contributed by atoms with van der Waals surface area (Å²) < 4.78 is 6.06. The fourth-order valence-corrected chi connectivity index (χ4v) is 2.71. The van der Waals surface area contributed by atoms with Crippen LogP contribution in [0.2, 0.25) is 0 Å². The molecule has 2 nitrogen and oxygen atoms in total. The standard InChI is InChI=1S/C10H14BrNOS/c1-13-5-6-14-7-8-9(11)3-2-4-10(8)12/h2-4H,5-7,12H2,1H3. The van der Waals surface area contributed by atoms with E-state index in [1.54, 1.807) is 7.11 Å². The number of nitrogen functional groups attached to an aromatic ring is 1. The molecule has 14 heavy (non-hydrogen) atoms. The maximum atomic E-state index is 5.86. The second-order valence-corrected chi connectivity index (χ2v) is 4.81. The zero-order chi connectivity index (χ0) is 10.4. The number of nitrogens with two attached hydrogens (primary N) is 1. The third-order valence-electron chi connectivity index (χ3n) is 1.83. The summed E-state index contributed by atoms with van der Waals surface area (Å²) in [4.78, 5) is 0. The maximum Gasteiger partial charge on any atom is 0.0553 e. The van der Waals surface area contributed by atoms with Crippen molar-refractivity contribution in [3.8, 4) is 0 Å². The van der Waals surface area contributed by atoms with Gasteiger partial charge in [-0.15, -0.1) is 0 Å². The molecule has 1 aromatic carbocycles. The molecule has 2 N–H and O–H groups in total. The first-order chi connectivity index (χ1) is 6.75. The second-order valence-electron chi connectivity index (χ2n) is 2.85. The predicted molar refractivity (Wildman–Crippen MR) is 66.6 cm³/mol. The number of rotatable bonds is 5. The van der Waals surface area contributed by atoms with Gasteiger partial charge in [0.2, 0.25) is 0 Å². The van der Waals surface area contributed by atoms with Crippen LogP contribution in [0.5, 0.6) is 0 Å². The zero-order valence-corrected chi connectivity index (χ0v) is 10.5. The van der Waals surface area contributed by atoms with Crippen LogP contribution >= 0.6 is 27.7 Å². The number of benzene rings is 1. The molecule has 1 aromatic rings. The van der Waals surface area contributed by atoms with Gasteiger partial charge in [0.15, 0.2) is 0 Å². The Hall–Kier alpha value is -0.190. The number of ether oxygens (including phenoxy) is 1. The Morgan fingerprint density at radius 3 is 2.93 bits per heavy atom. The summed E-state index contributed by atoms with van der Waals surface area (Å²) in [6.45, 7) is 0.787. The molecule has 78 valence electrons. The highest BCUT2D eigenvalue weighted by molar-refractivity contribution is 9.10. The molecule has 0 unspecified atom stereocenters. The molecule has 0 atom stereocenters. The highest BCUT2D eigenvalue weighted by Crippen LogP contribution is 2.26. The van der Waals surface area contributed by atoms with Crippen molar-refractivity contribution in [3.63, 3.8) is 0 Å². The molecule has 0 spiro atoms. The zero-order valence-electron chi connectivity index (χ0n) is 8.13. The monoisotopic (exact) mass is 275 g/mol. The molecule has 0 bridgehead atoms. The fraction of sp³-hybridized carbons (Fsp3) is 0.400. The molecular weight excluding hydrogens is 262 g/mol. The van der Waals surface area contributed by atoms with Gasteiger partial charge in [-0.2, -0.15) is 11.8 Å². The van der Waals surface area contributed by atoms with Crippen LogP contribution in [0.1, 0.15) is 5.56 Å². The van der Waals surface area contributed by atoms with Gasteiger partial charge in [-0.1, -0.05) is 22.0 Å². The molecule has 0 amide bonds. The summed E-state index contributed by atoms with van der Waals surface area (Å²) in [6.07, 6.45) is 0. The molecule has 4 heteroatoms. The third kappa shape index (κ3) is 3.52. The van der Waals surface area contributed by atoms with Gasteiger partial charge < -0.3 is 10.5 Å². The number of hydrogen-bond acceptors (Lipinski definition) is 3. The molecular formula is C10H14BrNOS. The number of halogens is 1. The minimum absolute atomic E-state index is 0.787. The summed E-state index contributed by atoms with van der Waals surface area (Å²) in [6, 6.07) is 5.89. The summed E-state index contributed by atoms with van der Waals surface area (Å²) in [5, 5.41) is 0. The Balaban J connectivity index is 2.49. The Kier molecular flexibility index (Phi) is 5.37. The lowest BCUT2D eigenvalue weighted by Gasteiger charge is -2.07. The van der Waals surface area contributed by atoms with E-state index in [-0.39, 0.29) is 0 Å². The van der Waals surface area contributed by atoms with Crippen LogP contribution in [-0.4, -0.2) is 19.5 Å². The minimum Gasteiger partial charge on any atom is -0.398 e. The van der Waals surface area contributed by atoms with Crippen LogP contribution in [0.25, 0.3) is 0 Å². The number of methoxy groups -OCH3 is 1. The maximum absolute atomic E-state index is 5.86. The largest absolute Gasteiger partial charge is 0.398 e. The van der Waals surface area contributed by atoms with E-state index >= 15 is 0 Å². The molecule has 0 aliphatic rings. The molecule has 0 saturated carbocycles. The fourth-order valence-electron chi connectivity index (χ4n) is 1.04. The van der Waals surface area contributed by atoms with Crippen molar-refractivity contribution in [3.05, 3.63) is 28.2 Å². The van der Waals surface area contributed by atoms with Crippen LogP contribution in [0, 0.1) is 0 Å². The van der Waals surface area contributed by atoms with Gasteiger partial charge in [-0.05, 0) is 17.7 Å². The Morgan fingerprint density at radius 1 is 1.50 bits per heavy atom. The minimum atomic E-state index is 0.787. The van der Waals surface area contributed by atoms with Gasteiger partial charge in [0.1, 0.15) is 0 Å². The molecule has 1 rings (SSSR count). The van der Waals surface area contributed by atoms with E-state index in [1.807, 2.05) is 30.0 Å². The van der Waals surface area contributed by atoms with E-state index in [0.29, 0.717) is 0 Å². The summed E-state index contributed by atoms with van der Waals surface area (Å²) in [5.41, 5.74) is 7.89. The van der Waals surface area contributed by atoms with Crippen LogP contribution in [0.4, 0.5) is 5.69 Å². The third-order valence-corrected chi connectivity index (χ3v) is 3.52. The van der Waals surface area contributed by atoms with Crippen molar-refractivity contribution in [1.82, 2.24) is 0 Å². The van der Waals surface area contributed by atoms with E-state index in [1.165, 1.54) is 5.56 Å². The quantitative estimate of drug-likeness (QED) is 0.663. The highest BCUT2D eigenvalue weighted by Gasteiger charge is 2.03. The number of hydrogen-bond donors (Lipinski definition) is 1. The Labute approximate surface area is 97.3 Å². The molecule has 0 radical (unpaired) electrons. The number of thioether (sulfide) groups is 1.